The van der Waals surface area contributed by atoms with Gasteiger partial charge in [0, 0.05) is 11.3 Å². The van der Waals surface area contributed by atoms with Gasteiger partial charge in [0.2, 0.25) is 12.6 Å². The van der Waals surface area contributed by atoms with Gasteiger partial charge in [-0.1, -0.05) is 41.6 Å². The molecule has 6 rings (SSSR count). The molecule has 3 aromatic carbocycles. The first-order chi connectivity index (χ1) is 18.1. The number of urea groups is 1. The molecule has 2 aliphatic rings. The Balaban J connectivity index is 1.39. The van der Waals surface area contributed by atoms with Gasteiger partial charge in [0.1, 0.15) is 5.75 Å². The Morgan fingerprint density at radius 2 is 1.81 bits per heavy atom. The third-order valence-corrected chi connectivity index (χ3v) is 6.51. The van der Waals surface area contributed by atoms with Crippen molar-refractivity contribution < 1.29 is 23.5 Å². The number of hydrogen-bond acceptors (Lipinski definition) is 7. The van der Waals surface area contributed by atoms with E-state index in [1.165, 1.54) is 0 Å². The highest BCUT2D eigenvalue weighted by Gasteiger charge is 2.36. The number of ether oxygens (including phenoxy) is 3. The number of benzene rings is 3. The fourth-order valence-corrected chi connectivity index (χ4v) is 4.56. The largest absolute Gasteiger partial charge is 0.497 e. The van der Waals surface area contributed by atoms with E-state index in [1.807, 2.05) is 79.7 Å². The summed E-state index contributed by atoms with van der Waals surface area (Å²) >= 11 is 0. The molecule has 186 valence electrons. The number of hydrogen-bond donors (Lipinski definition) is 1. The zero-order chi connectivity index (χ0) is 25.4. The lowest BCUT2D eigenvalue weighted by molar-refractivity contribution is 0.174. The molecule has 2 amide bonds. The topological polar surface area (TPSA) is 99.0 Å². The van der Waals surface area contributed by atoms with E-state index in [4.69, 9.17) is 23.7 Å². The average Bonchev–Trinajstić information content (AvgIpc) is 3.61. The number of carbonyl (C=O) groups excluding carboxylic acids is 1. The summed E-state index contributed by atoms with van der Waals surface area (Å²) in [7, 11) is 1.62. The van der Waals surface area contributed by atoms with Crippen LogP contribution in [-0.2, 0) is 6.54 Å². The smallest absolute Gasteiger partial charge is 0.322 e. The zero-order valence-corrected chi connectivity index (χ0v) is 20.3. The molecule has 0 bridgehead atoms. The highest BCUT2D eigenvalue weighted by Crippen LogP contribution is 2.39. The van der Waals surface area contributed by atoms with Crippen molar-refractivity contribution in [2.75, 3.05) is 13.9 Å². The van der Waals surface area contributed by atoms with Crippen LogP contribution in [0.2, 0.25) is 0 Å². The van der Waals surface area contributed by atoms with Crippen LogP contribution >= 0.6 is 0 Å². The molecule has 1 unspecified atom stereocenters. The van der Waals surface area contributed by atoms with Crippen LogP contribution in [0.5, 0.6) is 17.2 Å². The summed E-state index contributed by atoms with van der Waals surface area (Å²) in [6.45, 7) is 2.42. The molecule has 0 aliphatic carbocycles. The minimum Gasteiger partial charge on any atom is -0.497 e. The van der Waals surface area contributed by atoms with Crippen molar-refractivity contribution in [3.8, 4) is 28.6 Å². The summed E-state index contributed by atoms with van der Waals surface area (Å²) in [5.41, 5.74) is 4.07. The first kappa shape index (κ1) is 22.7. The molecule has 0 fully saturated rings. The second kappa shape index (κ2) is 9.34. The van der Waals surface area contributed by atoms with Crippen molar-refractivity contribution in [3.05, 3.63) is 95.5 Å². The van der Waals surface area contributed by atoms with E-state index in [1.54, 1.807) is 12.0 Å². The van der Waals surface area contributed by atoms with Crippen LogP contribution in [0.3, 0.4) is 0 Å². The molecule has 3 heterocycles. The quantitative estimate of drug-likeness (QED) is 0.393. The molecule has 37 heavy (non-hydrogen) atoms. The van der Waals surface area contributed by atoms with Crippen molar-refractivity contribution in [2.45, 2.75) is 19.5 Å². The van der Waals surface area contributed by atoms with Crippen molar-refractivity contribution >= 4 is 11.6 Å². The van der Waals surface area contributed by atoms with Gasteiger partial charge in [-0.05, 0) is 54.4 Å². The summed E-state index contributed by atoms with van der Waals surface area (Å²) in [6.07, 6.45) is 0. The van der Waals surface area contributed by atoms with Crippen LogP contribution in [0.4, 0.5) is 4.79 Å². The van der Waals surface area contributed by atoms with Gasteiger partial charge in [-0.15, -0.1) is 0 Å². The standard InChI is InChI=1S/C28H24N4O5/c1-17-24(27-30-26(31-37-27)20-9-11-21(34-2)12-10-20)25(19-6-4-3-5-7-19)29-28(33)32(17)15-18-8-13-22-23(14-18)36-16-35-22/h3-14,25H,15-16H2,1-2H3,(H,29,33). The number of fused-ring (bicyclic) bond motifs is 1. The lowest BCUT2D eigenvalue weighted by Crippen LogP contribution is -2.45. The van der Waals surface area contributed by atoms with Gasteiger partial charge in [-0.25, -0.2) is 4.79 Å². The van der Waals surface area contributed by atoms with Gasteiger partial charge in [0.15, 0.2) is 11.5 Å². The molecular weight excluding hydrogens is 472 g/mol. The number of aromatic nitrogens is 2. The third kappa shape index (κ3) is 4.24. The average molecular weight is 497 g/mol. The Morgan fingerprint density at radius 3 is 2.59 bits per heavy atom. The van der Waals surface area contributed by atoms with Crippen molar-refractivity contribution in [1.29, 1.82) is 0 Å². The van der Waals surface area contributed by atoms with Gasteiger partial charge < -0.3 is 24.1 Å². The van der Waals surface area contributed by atoms with Gasteiger partial charge in [0.05, 0.1) is 25.3 Å². The summed E-state index contributed by atoms with van der Waals surface area (Å²) in [5.74, 6) is 2.89. The number of amides is 2. The van der Waals surface area contributed by atoms with Gasteiger partial charge >= 0.3 is 6.03 Å². The normalized spacial score (nSPS) is 16.6. The molecule has 0 saturated carbocycles. The minimum atomic E-state index is -0.453. The first-order valence-corrected chi connectivity index (χ1v) is 11.8. The fraction of sp³-hybridized carbons (Fsp3) is 0.179. The second-order valence-electron chi connectivity index (χ2n) is 8.72. The Bertz CT molecular complexity index is 1480. The summed E-state index contributed by atoms with van der Waals surface area (Å²) in [5, 5.41) is 7.35. The van der Waals surface area contributed by atoms with Gasteiger partial charge in [-0.2, -0.15) is 4.98 Å². The number of methoxy groups -OCH3 is 1. The predicted octanol–water partition coefficient (Wildman–Crippen LogP) is 5.17. The van der Waals surface area contributed by atoms with Crippen LogP contribution in [0.25, 0.3) is 17.0 Å². The highest BCUT2D eigenvalue weighted by molar-refractivity contribution is 5.87. The summed E-state index contributed by atoms with van der Waals surface area (Å²) in [6, 6.07) is 22.2. The number of carbonyl (C=O) groups is 1. The zero-order valence-electron chi connectivity index (χ0n) is 20.3. The predicted molar refractivity (Wildman–Crippen MR) is 135 cm³/mol. The minimum absolute atomic E-state index is 0.193. The van der Waals surface area contributed by atoms with E-state index in [-0.39, 0.29) is 12.8 Å². The van der Waals surface area contributed by atoms with Crippen LogP contribution in [0, 0.1) is 0 Å². The Morgan fingerprint density at radius 1 is 1.03 bits per heavy atom. The van der Waals surface area contributed by atoms with E-state index in [2.05, 4.69) is 10.5 Å². The number of nitrogens with zero attached hydrogens (tertiary/aromatic N) is 3. The van der Waals surface area contributed by atoms with Gasteiger partial charge in [0.25, 0.3) is 5.89 Å². The Hall–Kier alpha value is -4.79. The van der Waals surface area contributed by atoms with Crippen LogP contribution in [0.15, 0.2) is 83.0 Å². The molecule has 0 saturated heterocycles. The third-order valence-electron chi connectivity index (χ3n) is 6.51. The van der Waals surface area contributed by atoms with Crippen LogP contribution in [-0.4, -0.2) is 35.0 Å². The molecule has 1 atom stereocenters. The lowest BCUT2D eigenvalue weighted by Gasteiger charge is -2.35. The molecule has 0 spiro atoms. The molecule has 9 heteroatoms. The van der Waals surface area contributed by atoms with Crippen LogP contribution < -0.4 is 19.5 Å². The molecule has 0 radical (unpaired) electrons. The number of rotatable bonds is 6. The Labute approximate surface area is 213 Å². The molecular formula is C28H24N4O5. The monoisotopic (exact) mass is 496 g/mol. The number of nitrogens with one attached hydrogen (secondary N) is 1. The molecule has 1 aromatic heterocycles. The van der Waals surface area contributed by atoms with E-state index in [0.717, 1.165) is 33.7 Å². The molecule has 2 aliphatic heterocycles. The lowest BCUT2D eigenvalue weighted by atomic mass is 9.94. The van der Waals surface area contributed by atoms with E-state index in [0.29, 0.717) is 29.8 Å². The highest BCUT2D eigenvalue weighted by atomic mass is 16.7. The van der Waals surface area contributed by atoms with E-state index >= 15 is 0 Å². The molecule has 4 aromatic rings. The maximum absolute atomic E-state index is 13.3. The fourth-order valence-electron chi connectivity index (χ4n) is 4.56. The van der Waals surface area contributed by atoms with Crippen molar-refractivity contribution in [1.82, 2.24) is 20.4 Å². The SMILES string of the molecule is COc1ccc(-c2noc(C3=C(C)N(Cc4ccc5c(c4)OCO5)C(=O)NC3c3ccccc3)n2)cc1. The first-order valence-electron chi connectivity index (χ1n) is 11.8. The molecule has 1 N–H and O–H groups in total. The molecule has 9 nitrogen and oxygen atoms in total. The van der Waals surface area contributed by atoms with Crippen LogP contribution in [0.1, 0.15) is 30.0 Å². The maximum Gasteiger partial charge on any atom is 0.322 e. The van der Waals surface area contributed by atoms with E-state index < -0.39 is 6.04 Å². The number of allylic oxidation sites excluding steroid dienone is 1. The second-order valence-corrected chi connectivity index (χ2v) is 8.72. The van der Waals surface area contributed by atoms with E-state index in [9.17, 15) is 4.79 Å². The van der Waals surface area contributed by atoms with Crippen molar-refractivity contribution in [3.63, 3.8) is 0 Å². The summed E-state index contributed by atoms with van der Waals surface area (Å²) < 4.78 is 21.9. The Kier molecular flexibility index (Phi) is 5.72. The summed E-state index contributed by atoms with van der Waals surface area (Å²) in [4.78, 5) is 19.7. The maximum atomic E-state index is 13.3. The van der Waals surface area contributed by atoms with Crippen molar-refractivity contribution in [2.24, 2.45) is 0 Å². The van der Waals surface area contributed by atoms with Gasteiger partial charge in [-0.3, -0.25) is 4.90 Å².